The molecule has 1 spiro atoms. The summed E-state index contributed by atoms with van der Waals surface area (Å²) in [5.41, 5.74) is 1.47. The molecular formula is C15H22OS2. The fourth-order valence-electron chi connectivity index (χ4n) is 3.55. The molecule has 3 rings (SSSR count). The highest BCUT2D eigenvalue weighted by atomic mass is 32.2. The van der Waals surface area contributed by atoms with Crippen LogP contribution in [0.15, 0.2) is 11.6 Å². The van der Waals surface area contributed by atoms with E-state index in [1.165, 1.54) is 23.5 Å². The number of ketones is 1. The Hall–Kier alpha value is 0.110. The first-order valence-corrected chi connectivity index (χ1v) is 8.86. The lowest BCUT2D eigenvalue weighted by atomic mass is 9.59. The van der Waals surface area contributed by atoms with Crippen LogP contribution in [0.1, 0.15) is 46.5 Å². The molecule has 0 unspecified atom stereocenters. The van der Waals surface area contributed by atoms with Crippen LogP contribution in [0.25, 0.3) is 0 Å². The molecule has 2 aliphatic carbocycles. The van der Waals surface area contributed by atoms with Crippen molar-refractivity contribution in [1.82, 2.24) is 0 Å². The fourth-order valence-corrected chi connectivity index (χ4v) is 6.69. The minimum absolute atomic E-state index is 0.134. The van der Waals surface area contributed by atoms with E-state index in [0.29, 0.717) is 9.86 Å². The number of fused-ring (bicyclic) bond motifs is 1. The van der Waals surface area contributed by atoms with Crippen LogP contribution >= 0.6 is 23.5 Å². The minimum Gasteiger partial charge on any atom is -0.299 e. The van der Waals surface area contributed by atoms with Gasteiger partial charge in [-0.3, -0.25) is 4.79 Å². The van der Waals surface area contributed by atoms with Gasteiger partial charge in [0.05, 0.1) is 4.08 Å². The van der Waals surface area contributed by atoms with Crippen LogP contribution in [0.5, 0.6) is 0 Å². The molecule has 18 heavy (non-hydrogen) atoms. The molecular weight excluding hydrogens is 260 g/mol. The summed E-state index contributed by atoms with van der Waals surface area (Å²) in [6.07, 6.45) is 6.59. The average Bonchev–Trinajstić information content (AvgIpc) is 2.70. The number of Topliss-reactive ketones (excluding diaryl/α,β-unsaturated/α-hetero) is 1. The van der Waals surface area contributed by atoms with Crippen LogP contribution in [0.3, 0.4) is 0 Å². The molecule has 1 saturated heterocycles. The largest absolute Gasteiger partial charge is 0.299 e. The van der Waals surface area contributed by atoms with Crippen LogP contribution in [0, 0.1) is 10.8 Å². The third-order valence-corrected chi connectivity index (χ3v) is 8.18. The SMILES string of the molecule is CC1(C)CC(=O)[C@]2(C)CCC3(C=C2C1)SCCS3. The molecule has 2 fully saturated rings. The van der Waals surface area contributed by atoms with Crippen molar-refractivity contribution in [2.75, 3.05) is 11.5 Å². The Bertz CT molecular complexity index is 418. The van der Waals surface area contributed by atoms with Gasteiger partial charge >= 0.3 is 0 Å². The molecule has 0 bridgehead atoms. The van der Waals surface area contributed by atoms with Crippen LogP contribution in [0.2, 0.25) is 0 Å². The smallest absolute Gasteiger partial charge is 0.143 e. The Morgan fingerprint density at radius 1 is 1.06 bits per heavy atom. The molecule has 0 aromatic heterocycles. The number of rotatable bonds is 0. The Labute approximate surface area is 119 Å². The highest BCUT2D eigenvalue weighted by Crippen LogP contribution is 2.59. The van der Waals surface area contributed by atoms with Gasteiger partial charge in [-0.15, -0.1) is 23.5 Å². The monoisotopic (exact) mass is 282 g/mol. The summed E-state index contributed by atoms with van der Waals surface area (Å²) in [6, 6.07) is 0. The molecule has 1 nitrogen and oxygen atoms in total. The predicted octanol–water partition coefficient (Wildman–Crippen LogP) is 4.28. The number of hydrogen-bond donors (Lipinski definition) is 0. The predicted molar refractivity (Wildman–Crippen MR) is 81.1 cm³/mol. The van der Waals surface area contributed by atoms with Crippen LogP contribution in [-0.4, -0.2) is 21.4 Å². The van der Waals surface area contributed by atoms with Crippen LogP contribution in [0.4, 0.5) is 0 Å². The van der Waals surface area contributed by atoms with Gasteiger partial charge in [-0.25, -0.2) is 0 Å². The summed E-state index contributed by atoms with van der Waals surface area (Å²) >= 11 is 4.19. The zero-order chi connectivity index (χ0) is 13.0. The van der Waals surface area contributed by atoms with Gasteiger partial charge in [-0.2, -0.15) is 0 Å². The van der Waals surface area contributed by atoms with Gasteiger partial charge in [0.25, 0.3) is 0 Å². The normalized spacial score (nSPS) is 37.5. The van der Waals surface area contributed by atoms with Gasteiger partial charge in [0.15, 0.2) is 0 Å². The van der Waals surface area contributed by atoms with E-state index in [-0.39, 0.29) is 10.8 Å². The summed E-state index contributed by atoms with van der Waals surface area (Å²) < 4.78 is 0.308. The number of carbonyl (C=O) groups excluding carboxylic acids is 1. The lowest BCUT2D eigenvalue weighted by Crippen LogP contribution is -2.44. The van der Waals surface area contributed by atoms with Gasteiger partial charge in [0.2, 0.25) is 0 Å². The van der Waals surface area contributed by atoms with Gasteiger partial charge in [0.1, 0.15) is 5.78 Å². The second kappa shape index (κ2) is 4.05. The Morgan fingerprint density at radius 3 is 2.39 bits per heavy atom. The van der Waals surface area contributed by atoms with E-state index in [9.17, 15) is 4.79 Å². The zero-order valence-corrected chi connectivity index (χ0v) is 13.2. The van der Waals surface area contributed by atoms with E-state index in [2.05, 4.69) is 50.4 Å². The van der Waals surface area contributed by atoms with E-state index < -0.39 is 0 Å². The highest BCUT2D eigenvalue weighted by molar-refractivity contribution is 8.21. The summed E-state index contributed by atoms with van der Waals surface area (Å²) in [5, 5.41) is 0. The van der Waals surface area contributed by atoms with E-state index in [1.54, 1.807) is 0 Å². The van der Waals surface area contributed by atoms with Crippen molar-refractivity contribution in [3.05, 3.63) is 11.6 Å². The van der Waals surface area contributed by atoms with E-state index in [1.807, 2.05) is 0 Å². The number of thioether (sulfide) groups is 2. The molecule has 1 atom stereocenters. The van der Waals surface area contributed by atoms with Crippen molar-refractivity contribution in [2.24, 2.45) is 10.8 Å². The van der Waals surface area contributed by atoms with E-state index in [0.717, 1.165) is 19.3 Å². The molecule has 3 aliphatic rings. The number of carbonyl (C=O) groups is 1. The van der Waals surface area contributed by atoms with Gasteiger partial charge in [-0.05, 0) is 31.6 Å². The van der Waals surface area contributed by atoms with Gasteiger partial charge in [0, 0.05) is 23.3 Å². The molecule has 0 aromatic carbocycles. The van der Waals surface area contributed by atoms with Crippen molar-refractivity contribution in [3.63, 3.8) is 0 Å². The topological polar surface area (TPSA) is 17.1 Å². The fraction of sp³-hybridized carbons (Fsp3) is 0.800. The molecule has 0 amide bonds. The zero-order valence-electron chi connectivity index (χ0n) is 11.5. The minimum atomic E-state index is -0.134. The first kappa shape index (κ1) is 13.1. The molecule has 0 radical (unpaired) electrons. The number of hydrogen-bond acceptors (Lipinski definition) is 3. The van der Waals surface area contributed by atoms with Crippen LogP contribution in [-0.2, 0) is 4.79 Å². The summed E-state index contributed by atoms with van der Waals surface area (Å²) in [4.78, 5) is 12.5. The first-order chi connectivity index (χ1) is 8.35. The highest BCUT2D eigenvalue weighted by Gasteiger charge is 2.51. The van der Waals surface area contributed by atoms with Gasteiger partial charge in [-0.1, -0.05) is 25.5 Å². The molecule has 1 saturated carbocycles. The van der Waals surface area contributed by atoms with E-state index >= 15 is 0 Å². The van der Waals surface area contributed by atoms with Crippen molar-refractivity contribution in [3.8, 4) is 0 Å². The second-order valence-electron chi connectivity index (χ2n) is 6.95. The Balaban J connectivity index is 2.00. The average molecular weight is 282 g/mol. The van der Waals surface area contributed by atoms with Crippen LogP contribution < -0.4 is 0 Å². The van der Waals surface area contributed by atoms with E-state index in [4.69, 9.17) is 0 Å². The Kier molecular flexibility index (Phi) is 2.95. The van der Waals surface area contributed by atoms with Gasteiger partial charge < -0.3 is 0 Å². The lowest BCUT2D eigenvalue weighted by Gasteiger charge is -2.47. The molecule has 1 aliphatic heterocycles. The van der Waals surface area contributed by atoms with Crippen molar-refractivity contribution < 1.29 is 4.79 Å². The Morgan fingerprint density at radius 2 is 1.72 bits per heavy atom. The summed E-state index contributed by atoms with van der Waals surface area (Å²) in [7, 11) is 0. The second-order valence-corrected chi connectivity index (χ2v) is 10.1. The molecule has 1 heterocycles. The maximum absolute atomic E-state index is 12.5. The standard InChI is InChI=1S/C15H22OS2/c1-13(2)8-11-9-15(17-6-7-18-15)5-4-14(11,3)12(16)10-13/h9H,4-8,10H2,1-3H3/t14-/m1/s1. The number of allylic oxidation sites excluding steroid dienone is 1. The maximum Gasteiger partial charge on any atom is 0.143 e. The lowest BCUT2D eigenvalue weighted by molar-refractivity contribution is -0.131. The molecule has 3 heteroatoms. The first-order valence-electron chi connectivity index (χ1n) is 6.89. The van der Waals surface area contributed by atoms with Crippen molar-refractivity contribution in [2.45, 2.75) is 50.5 Å². The third kappa shape index (κ3) is 1.98. The molecule has 0 aromatic rings. The summed E-state index contributed by atoms with van der Waals surface area (Å²) in [6.45, 7) is 6.66. The molecule has 100 valence electrons. The summed E-state index contributed by atoms with van der Waals surface area (Å²) in [5.74, 6) is 3.01. The van der Waals surface area contributed by atoms with Crippen molar-refractivity contribution in [1.29, 1.82) is 0 Å². The maximum atomic E-state index is 12.5. The van der Waals surface area contributed by atoms with Crippen molar-refractivity contribution >= 4 is 29.3 Å². The quantitative estimate of drug-likeness (QED) is 0.617. The third-order valence-electron chi connectivity index (χ3n) is 4.78. The molecule has 0 N–H and O–H groups in total.